The molecule has 0 fully saturated rings. The minimum Gasteiger partial charge on any atom is -0.619 e. The normalized spacial score (nSPS) is 13.4. The molecule has 0 aliphatic rings. The maximum atomic E-state index is 11.9. The van der Waals surface area contributed by atoms with Crippen LogP contribution >= 0.6 is 11.8 Å². The van der Waals surface area contributed by atoms with E-state index in [9.17, 15) is 13.6 Å². The molecular weight excluding hydrogens is 374 g/mol. The molecule has 0 aliphatic carbocycles. The summed E-state index contributed by atoms with van der Waals surface area (Å²) in [7, 11) is -3.74. The molecule has 2 aromatic rings. The summed E-state index contributed by atoms with van der Waals surface area (Å²) in [6.07, 6.45) is 3.54. The van der Waals surface area contributed by atoms with Crippen LogP contribution in [0.2, 0.25) is 0 Å². The molecule has 0 spiro atoms. The Bertz CT molecular complexity index is 835. The Hall–Kier alpha value is -1.77. The second-order valence-electron chi connectivity index (χ2n) is 6.39. The zero-order chi connectivity index (χ0) is 19.4. The monoisotopic (exact) mass is 397 g/mol. The fourth-order valence-electron chi connectivity index (χ4n) is 2.43. The summed E-state index contributed by atoms with van der Waals surface area (Å²) in [6, 6.07) is 12.4. The van der Waals surface area contributed by atoms with Gasteiger partial charge in [-0.2, -0.15) is 13.1 Å². The van der Waals surface area contributed by atoms with E-state index in [1.807, 2.05) is 30.5 Å². The summed E-state index contributed by atoms with van der Waals surface area (Å²) in [4.78, 5) is 1.09. The lowest BCUT2D eigenvalue weighted by atomic mass is 9.96. The minimum absolute atomic E-state index is 0.0906. The maximum absolute atomic E-state index is 11.9. The van der Waals surface area contributed by atoms with Crippen LogP contribution in [0.3, 0.4) is 0 Å². The van der Waals surface area contributed by atoms with Crippen molar-refractivity contribution >= 4 is 21.9 Å². The van der Waals surface area contributed by atoms with Gasteiger partial charge in [0.05, 0.1) is 12.7 Å². The average Bonchev–Trinajstić information content (AvgIpc) is 2.55. The third kappa shape index (κ3) is 5.89. The van der Waals surface area contributed by atoms with Crippen LogP contribution in [0.5, 0.6) is 5.75 Å². The first-order valence-corrected chi connectivity index (χ1v) is 11.0. The van der Waals surface area contributed by atoms with Crippen LogP contribution < -0.4 is 9.47 Å². The van der Waals surface area contributed by atoms with Crippen molar-refractivity contribution in [3.63, 3.8) is 0 Å². The van der Waals surface area contributed by atoms with Crippen LogP contribution in [0.25, 0.3) is 0 Å². The predicted octanol–water partition coefficient (Wildman–Crippen LogP) is 2.79. The van der Waals surface area contributed by atoms with E-state index in [1.165, 1.54) is 6.20 Å². The smallest absolute Gasteiger partial charge is 0.264 e. The van der Waals surface area contributed by atoms with Crippen molar-refractivity contribution in [2.75, 3.05) is 12.5 Å². The summed E-state index contributed by atoms with van der Waals surface area (Å²) in [5, 5.41) is 11.9. The Labute approximate surface area is 158 Å². The number of hydrogen-bond donors (Lipinski definition) is 0. The molecule has 0 amide bonds. The number of ether oxygens (including phenoxy) is 1. The van der Waals surface area contributed by atoms with E-state index in [1.54, 1.807) is 43.8 Å². The van der Waals surface area contributed by atoms with Crippen LogP contribution in [0.1, 0.15) is 19.5 Å². The first kappa shape index (κ1) is 20.5. The summed E-state index contributed by atoms with van der Waals surface area (Å²) in [5.41, 5.74) is -0.595. The van der Waals surface area contributed by atoms with Crippen molar-refractivity contribution in [3.05, 3.63) is 59.6 Å². The quantitative estimate of drug-likeness (QED) is 0.295. The fraction of sp³-hybridized carbons (Fsp3) is 0.389. The largest absolute Gasteiger partial charge is 0.619 e. The van der Waals surface area contributed by atoms with E-state index in [0.717, 1.165) is 11.2 Å². The van der Waals surface area contributed by atoms with Gasteiger partial charge in [-0.25, -0.2) is 0 Å². The van der Waals surface area contributed by atoms with Crippen molar-refractivity contribution in [2.24, 2.45) is 0 Å². The maximum Gasteiger partial charge on any atom is 0.264 e. The Morgan fingerprint density at radius 1 is 1.19 bits per heavy atom. The lowest BCUT2D eigenvalue weighted by Gasteiger charge is -2.33. The molecule has 0 bridgehead atoms. The molecule has 0 radical (unpaired) electrons. The average molecular weight is 398 g/mol. The van der Waals surface area contributed by atoms with Gasteiger partial charge >= 0.3 is 0 Å². The first-order valence-electron chi connectivity index (χ1n) is 7.99. The van der Waals surface area contributed by atoms with Gasteiger partial charge in [0.25, 0.3) is 10.1 Å². The van der Waals surface area contributed by atoms with Crippen molar-refractivity contribution < 1.29 is 22.1 Å². The fourth-order valence-corrected chi connectivity index (χ4v) is 3.56. The molecule has 6 nitrogen and oxygen atoms in total. The minimum atomic E-state index is -3.74. The van der Waals surface area contributed by atoms with Crippen LogP contribution in [0.4, 0.5) is 0 Å². The molecule has 8 heteroatoms. The second-order valence-corrected chi connectivity index (χ2v) is 8.87. The molecule has 0 aliphatic heterocycles. The van der Waals surface area contributed by atoms with Gasteiger partial charge in [-0.15, -0.1) is 11.8 Å². The van der Waals surface area contributed by atoms with Gasteiger partial charge in [-0.05, 0) is 44.4 Å². The van der Waals surface area contributed by atoms with Crippen LogP contribution in [-0.4, -0.2) is 32.6 Å². The zero-order valence-electron chi connectivity index (χ0n) is 15.2. The van der Waals surface area contributed by atoms with Gasteiger partial charge in [0.15, 0.2) is 11.9 Å². The number of pyridine rings is 1. The number of rotatable bonds is 8. The molecule has 1 atom stereocenters. The van der Waals surface area contributed by atoms with Gasteiger partial charge in [-0.1, -0.05) is 6.07 Å². The summed E-state index contributed by atoms with van der Waals surface area (Å²) >= 11 is 1.62. The molecule has 1 aromatic heterocycles. The third-order valence-corrected chi connectivity index (χ3v) is 5.13. The van der Waals surface area contributed by atoms with Crippen LogP contribution in [0, 0.1) is 5.21 Å². The highest BCUT2D eigenvalue weighted by molar-refractivity contribution is 7.98. The van der Waals surface area contributed by atoms with Crippen molar-refractivity contribution in [2.45, 2.75) is 36.9 Å². The molecular formula is C18H23NO5S2. The highest BCUT2D eigenvalue weighted by atomic mass is 32.2. The third-order valence-electron chi connectivity index (χ3n) is 3.81. The lowest BCUT2D eigenvalue weighted by molar-refractivity contribution is -0.614. The van der Waals surface area contributed by atoms with E-state index in [-0.39, 0.29) is 6.42 Å². The van der Waals surface area contributed by atoms with Gasteiger partial charge < -0.3 is 9.94 Å². The molecule has 1 unspecified atom stereocenters. The van der Waals surface area contributed by atoms with Gasteiger partial charge in [0.2, 0.25) is 0 Å². The summed E-state index contributed by atoms with van der Waals surface area (Å²) in [6.45, 7) is 3.48. The molecule has 0 N–H and O–H groups in total. The summed E-state index contributed by atoms with van der Waals surface area (Å²) in [5.74, 6) is 0.595. The predicted molar refractivity (Wildman–Crippen MR) is 102 cm³/mol. The lowest BCUT2D eigenvalue weighted by Crippen LogP contribution is -2.48. The van der Waals surface area contributed by atoms with Crippen LogP contribution in [0.15, 0.2) is 53.6 Å². The van der Waals surface area contributed by atoms with Crippen molar-refractivity contribution in [1.82, 2.24) is 0 Å². The van der Waals surface area contributed by atoms with E-state index < -0.39 is 21.8 Å². The highest BCUT2D eigenvalue weighted by Gasteiger charge is 2.37. The van der Waals surface area contributed by atoms with E-state index >= 15 is 0 Å². The van der Waals surface area contributed by atoms with Crippen molar-refractivity contribution in [1.29, 1.82) is 0 Å². The number of aromatic nitrogens is 1. The topological polar surface area (TPSA) is 79.5 Å². The second kappa shape index (κ2) is 8.28. The molecule has 1 aromatic carbocycles. The van der Waals surface area contributed by atoms with Crippen molar-refractivity contribution in [3.8, 4) is 5.75 Å². The number of benzene rings is 1. The van der Waals surface area contributed by atoms with E-state index in [4.69, 9.17) is 8.92 Å². The van der Waals surface area contributed by atoms with E-state index in [2.05, 4.69) is 0 Å². The van der Waals surface area contributed by atoms with E-state index in [0.29, 0.717) is 16.2 Å². The number of hydrogen-bond acceptors (Lipinski definition) is 6. The molecule has 26 heavy (non-hydrogen) atoms. The SMILES string of the molecule is CSc1ccc(OC(C)(C)C(Cc2cccc[n+]2[O-])OS(C)(=O)=O)cc1. The molecule has 142 valence electrons. The zero-order valence-corrected chi connectivity index (χ0v) is 16.8. The first-order chi connectivity index (χ1) is 12.1. The Kier molecular flexibility index (Phi) is 6.54. The molecule has 2 rings (SSSR count). The highest BCUT2D eigenvalue weighted by Crippen LogP contribution is 2.27. The molecule has 0 saturated heterocycles. The number of nitrogens with zero attached hydrogens (tertiary/aromatic N) is 1. The molecule has 0 saturated carbocycles. The van der Waals surface area contributed by atoms with Gasteiger partial charge in [0.1, 0.15) is 17.5 Å². The van der Waals surface area contributed by atoms with Gasteiger partial charge in [0, 0.05) is 17.0 Å². The number of thioether (sulfide) groups is 1. The Balaban J connectivity index is 2.27. The Morgan fingerprint density at radius 2 is 1.85 bits per heavy atom. The van der Waals surface area contributed by atoms with Gasteiger partial charge in [-0.3, -0.25) is 4.18 Å². The standard InChI is InChI=1S/C18H23NO5S2/c1-18(2,23-15-8-10-16(25-3)11-9-15)17(24-26(4,21)22)13-14-7-5-6-12-19(14)20/h5-12,17H,13H2,1-4H3. The molecule has 1 heterocycles. The Morgan fingerprint density at radius 3 is 2.38 bits per heavy atom. The van der Waals surface area contributed by atoms with Crippen LogP contribution in [-0.2, 0) is 20.7 Å². The summed E-state index contributed by atoms with van der Waals surface area (Å²) < 4.78 is 35.4.